The minimum atomic E-state index is 0.346. The van der Waals surface area contributed by atoms with Crippen molar-refractivity contribution in [3.63, 3.8) is 0 Å². The van der Waals surface area contributed by atoms with Crippen LogP contribution in [0.2, 0.25) is 0 Å². The zero-order chi connectivity index (χ0) is 12.1. The average molecular weight is 219 g/mol. The molecule has 90 valence electrons. The van der Waals surface area contributed by atoms with Gasteiger partial charge in [-0.1, -0.05) is 32.0 Å². The van der Waals surface area contributed by atoms with Crippen molar-refractivity contribution in [1.82, 2.24) is 0 Å². The predicted octanol–water partition coefficient (Wildman–Crippen LogP) is 3.61. The van der Waals surface area contributed by atoms with Gasteiger partial charge in [-0.2, -0.15) is 0 Å². The van der Waals surface area contributed by atoms with Gasteiger partial charge in [0.1, 0.15) is 0 Å². The lowest BCUT2D eigenvalue weighted by Gasteiger charge is -2.15. The summed E-state index contributed by atoms with van der Waals surface area (Å²) < 4.78 is 0. The summed E-state index contributed by atoms with van der Waals surface area (Å²) in [6.45, 7) is 8.85. The maximum atomic E-state index is 6.12. The Bertz CT molecular complexity index is 308. The second kappa shape index (κ2) is 6.05. The van der Waals surface area contributed by atoms with E-state index in [1.54, 1.807) is 0 Å². The number of aryl methyl sites for hydroxylation is 2. The SMILES string of the molecule is Cc1cccc(C)c1CCC(N)CC(C)C. The Morgan fingerprint density at radius 3 is 2.19 bits per heavy atom. The number of benzene rings is 1. The quantitative estimate of drug-likeness (QED) is 0.804. The van der Waals surface area contributed by atoms with Crippen LogP contribution in [0.4, 0.5) is 0 Å². The first-order valence-corrected chi connectivity index (χ1v) is 6.31. The smallest absolute Gasteiger partial charge is 0.00444 e. The van der Waals surface area contributed by atoms with Crippen LogP contribution in [-0.2, 0) is 6.42 Å². The molecule has 1 rings (SSSR count). The molecular formula is C15H25N. The third-order valence-electron chi connectivity index (χ3n) is 3.18. The lowest BCUT2D eigenvalue weighted by atomic mass is 9.94. The van der Waals surface area contributed by atoms with E-state index in [0.29, 0.717) is 12.0 Å². The van der Waals surface area contributed by atoms with Crippen molar-refractivity contribution < 1.29 is 0 Å². The second-order valence-corrected chi connectivity index (χ2v) is 5.30. The van der Waals surface area contributed by atoms with Crippen LogP contribution in [0.1, 0.15) is 43.4 Å². The summed E-state index contributed by atoms with van der Waals surface area (Å²) in [6, 6.07) is 6.86. The van der Waals surface area contributed by atoms with Crippen molar-refractivity contribution in [2.75, 3.05) is 0 Å². The zero-order valence-corrected chi connectivity index (χ0v) is 11.1. The van der Waals surface area contributed by atoms with Gasteiger partial charge in [-0.25, -0.2) is 0 Å². The lowest BCUT2D eigenvalue weighted by molar-refractivity contribution is 0.473. The zero-order valence-electron chi connectivity index (χ0n) is 11.1. The number of hydrogen-bond donors (Lipinski definition) is 1. The molecule has 0 saturated carbocycles. The fraction of sp³-hybridized carbons (Fsp3) is 0.600. The summed E-state index contributed by atoms with van der Waals surface area (Å²) in [5.41, 5.74) is 10.4. The van der Waals surface area contributed by atoms with Gasteiger partial charge in [0, 0.05) is 6.04 Å². The molecule has 0 radical (unpaired) electrons. The maximum absolute atomic E-state index is 6.12. The van der Waals surface area contributed by atoms with E-state index in [4.69, 9.17) is 5.73 Å². The summed E-state index contributed by atoms with van der Waals surface area (Å²) in [5, 5.41) is 0. The van der Waals surface area contributed by atoms with Crippen LogP contribution in [0.25, 0.3) is 0 Å². The highest BCUT2D eigenvalue weighted by Gasteiger charge is 2.08. The molecule has 1 atom stereocenters. The third-order valence-corrected chi connectivity index (χ3v) is 3.18. The molecule has 0 bridgehead atoms. The van der Waals surface area contributed by atoms with Crippen molar-refractivity contribution in [2.24, 2.45) is 11.7 Å². The van der Waals surface area contributed by atoms with Crippen LogP contribution in [0.5, 0.6) is 0 Å². The Labute approximate surface area is 100 Å². The van der Waals surface area contributed by atoms with Crippen molar-refractivity contribution in [2.45, 2.75) is 53.0 Å². The maximum Gasteiger partial charge on any atom is 0.00444 e. The van der Waals surface area contributed by atoms with Crippen molar-refractivity contribution in [3.8, 4) is 0 Å². The molecule has 0 aliphatic carbocycles. The number of nitrogens with two attached hydrogens (primary N) is 1. The molecule has 0 amide bonds. The van der Waals surface area contributed by atoms with Gasteiger partial charge in [0.25, 0.3) is 0 Å². The summed E-state index contributed by atoms with van der Waals surface area (Å²) in [4.78, 5) is 0. The molecule has 1 aromatic rings. The van der Waals surface area contributed by atoms with Crippen molar-refractivity contribution in [3.05, 3.63) is 34.9 Å². The monoisotopic (exact) mass is 219 g/mol. The largest absolute Gasteiger partial charge is 0.328 e. The predicted molar refractivity (Wildman–Crippen MR) is 71.7 cm³/mol. The molecule has 1 heteroatoms. The minimum Gasteiger partial charge on any atom is -0.328 e. The third kappa shape index (κ3) is 3.97. The second-order valence-electron chi connectivity index (χ2n) is 5.30. The van der Waals surface area contributed by atoms with E-state index in [1.807, 2.05) is 0 Å². The van der Waals surface area contributed by atoms with E-state index in [0.717, 1.165) is 19.3 Å². The first kappa shape index (κ1) is 13.2. The van der Waals surface area contributed by atoms with E-state index < -0.39 is 0 Å². The van der Waals surface area contributed by atoms with Crippen LogP contribution in [-0.4, -0.2) is 6.04 Å². The summed E-state index contributed by atoms with van der Waals surface area (Å²) in [5.74, 6) is 0.702. The van der Waals surface area contributed by atoms with Gasteiger partial charge < -0.3 is 5.73 Å². The highest BCUT2D eigenvalue weighted by Crippen LogP contribution is 2.17. The Hall–Kier alpha value is -0.820. The Morgan fingerprint density at radius 2 is 1.69 bits per heavy atom. The van der Waals surface area contributed by atoms with Gasteiger partial charge in [-0.3, -0.25) is 0 Å². The normalized spacial score (nSPS) is 13.1. The van der Waals surface area contributed by atoms with Gasteiger partial charge in [-0.05, 0) is 55.7 Å². The van der Waals surface area contributed by atoms with E-state index >= 15 is 0 Å². The molecule has 2 N–H and O–H groups in total. The Kier molecular flexibility index (Phi) is 5.01. The van der Waals surface area contributed by atoms with Gasteiger partial charge in [0.05, 0.1) is 0 Å². The van der Waals surface area contributed by atoms with Crippen LogP contribution in [0.15, 0.2) is 18.2 Å². The van der Waals surface area contributed by atoms with Crippen LogP contribution in [0, 0.1) is 19.8 Å². The van der Waals surface area contributed by atoms with Crippen LogP contribution >= 0.6 is 0 Å². The molecule has 1 unspecified atom stereocenters. The van der Waals surface area contributed by atoms with Crippen molar-refractivity contribution >= 4 is 0 Å². The first-order valence-electron chi connectivity index (χ1n) is 6.31. The molecule has 1 nitrogen and oxygen atoms in total. The van der Waals surface area contributed by atoms with Gasteiger partial charge in [-0.15, -0.1) is 0 Å². The van der Waals surface area contributed by atoms with Gasteiger partial charge >= 0.3 is 0 Å². The molecule has 0 aromatic heterocycles. The Balaban J connectivity index is 2.54. The summed E-state index contributed by atoms with van der Waals surface area (Å²) >= 11 is 0. The molecular weight excluding hydrogens is 194 g/mol. The molecule has 0 aliphatic heterocycles. The minimum absolute atomic E-state index is 0.346. The Morgan fingerprint density at radius 1 is 1.12 bits per heavy atom. The fourth-order valence-electron chi connectivity index (χ4n) is 2.30. The highest BCUT2D eigenvalue weighted by atomic mass is 14.6. The van der Waals surface area contributed by atoms with E-state index in [-0.39, 0.29) is 0 Å². The number of hydrogen-bond acceptors (Lipinski definition) is 1. The summed E-state index contributed by atoms with van der Waals surface area (Å²) in [7, 11) is 0. The number of rotatable bonds is 5. The van der Waals surface area contributed by atoms with Crippen LogP contribution < -0.4 is 5.73 Å². The molecule has 0 fully saturated rings. The molecule has 0 saturated heterocycles. The molecule has 0 aliphatic rings. The topological polar surface area (TPSA) is 26.0 Å². The summed E-state index contributed by atoms with van der Waals surface area (Å²) in [6.07, 6.45) is 3.35. The van der Waals surface area contributed by atoms with Crippen LogP contribution in [0.3, 0.4) is 0 Å². The molecule has 1 aromatic carbocycles. The van der Waals surface area contributed by atoms with Gasteiger partial charge in [0.2, 0.25) is 0 Å². The molecule has 16 heavy (non-hydrogen) atoms. The van der Waals surface area contributed by atoms with Gasteiger partial charge in [0.15, 0.2) is 0 Å². The molecule has 0 spiro atoms. The van der Waals surface area contributed by atoms with E-state index in [2.05, 4.69) is 45.9 Å². The lowest BCUT2D eigenvalue weighted by Crippen LogP contribution is -2.22. The highest BCUT2D eigenvalue weighted by molar-refractivity contribution is 5.33. The standard InChI is InChI=1S/C15H25N/c1-11(2)10-14(16)8-9-15-12(3)6-5-7-13(15)4/h5-7,11,14H,8-10,16H2,1-4H3. The van der Waals surface area contributed by atoms with E-state index in [1.165, 1.54) is 16.7 Å². The first-order chi connectivity index (χ1) is 7.50. The molecule has 0 heterocycles. The fourth-order valence-corrected chi connectivity index (χ4v) is 2.30. The van der Waals surface area contributed by atoms with E-state index in [9.17, 15) is 0 Å². The average Bonchev–Trinajstić information content (AvgIpc) is 2.15. The van der Waals surface area contributed by atoms with Crippen molar-refractivity contribution in [1.29, 1.82) is 0 Å².